The number of hydrogen-bond donors (Lipinski definition) is 2. The maximum Gasteiger partial charge on any atom is 0.250 e. The average Bonchev–Trinajstić information content (AvgIpc) is 3.16. The Bertz CT molecular complexity index is 1310. The number of benzene rings is 3. The first kappa shape index (κ1) is 19.8. The predicted molar refractivity (Wildman–Crippen MR) is 117 cm³/mol. The van der Waals surface area contributed by atoms with Crippen LogP contribution < -0.4 is 9.75 Å². The summed E-state index contributed by atoms with van der Waals surface area (Å²) in [6.07, 6.45) is 0. The smallest absolute Gasteiger partial charge is 0.250 e. The van der Waals surface area contributed by atoms with Gasteiger partial charge >= 0.3 is 0 Å². The number of aromatic nitrogens is 3. The molecule has 32 heavy (non-hydrogen) atoms. The molecule has 0 saturated carbocycles. The summed E-state index contributed by atoms with van der Waals surface area (Å²) in [7, 11) is 0. The van der Waals surface area contributed by atoms with Gasteiger partial charge in [-0.1, -0.05) is 12.1 Å². The van der Waals surface area contributed by atoms with Crippen molar-refractivity contribution in [3.05, 3.63) is 65.9 Å². The van der Waals surface area contributed by atoms with Crippen molar-refractivity contribution in [2.45, 2.75) is 0 Å². The zero-order valence-electron chi connectivity index (χ0n) is 17.0. The largest absolute Gasteiger partial charge is 0.692 e. The van der Waals surface area contributed by atoms with Gasteiger partial charge in [-0.15, -0.1) is 15.1 Å². The monoisotopic (exact) mass is 432 g/mol. The van der Waals surface area contributed by atoms with Crippen molar-refractivity contribution < 1.29 is 19.8 Å². The summed E-state index contributed by atoms with van der Waals surface area (Å²) >= 11 is 0. The quantitative estimate of drug-likeness (QED) is 0.290. The Morgan fingerprint density at radius 3 is 2.41 bits per heavy atom. The lowest BCUT2D eigenvalue weighted by atomic mass is 10.2. The lowest BCUT2D eigenvalue weighted by Crippen LogP contribution is -2.37. The zero-order valence-corrected chi connectivity index (χ0v) is 17.0. The molecular weight excluding hydrogens is 412 g/mol. The number of morpholine rings is 1. The summed E-state index contributed by atoms with van der Waals surface area (Å²) < 4.78 is 5.35. The number of anilines is 1. The lowest BCUT2D eigenvalue weighted by molar-refractivity contribution is -0.664. The van der Waals surface area contributed by atoms with Crippen molar-refractivity contribution in [1.82, 2.24) is 9.90 Å². The molecule has 162 valence electrons. The topological polar surface area (TPSA) is 122 Å². The molecule has 0 amide bonds. The van der Waals surface area contributed by atoms with E-state index in [-0.39, 0.29) is 22.9 Å². The highest BCUT2D eigenvalue weighted by Gasteiger charge is 2.17. The van der Waals surface area contributed by atoms with Gasteiger partial charge in [0.05, 0.1) is 18.3 Å². The molecule has 1 fully saturated rings. The molecule has 10 nitrogen and oxygen atoms in total. The van der Waals surface area contributed by atoms with Crippen molar-refractivity contribution in [2.75, 3.05) is 31.2 Å². The van der Waals surface area contributed by atoms with Gasteiger partial charge in [-0.2, -0.15) is 0 Å². The highest BCUT2D eigenvalue weighted by molar-refractivity contribution is 5.70. The van der Waals surface area contributed by atoms with Crippen LogP contribution in [0.15, 0.2) is 70.9 Å². The fourth-order valence-corrected chi connectivity index (χ4v) is 3.56. The van der Waals surface area contributed by atoms with Crippen LogP contribution in [-0.4, -0.2) is 46.4 Å². The zero-order chi connectivity index (χ0) is 22.1. The summed E-state index contributed by atoms with van der Waals surface area (Å²) in [6, 6.07) is 16.6. The molecule has 1 saturated heterocycles. The Morgan fingerprint density at radius 2 is 1.62 bits per heavy atom. The van der Waals surface area contributed by atoms with Crippen LogP contribution in [0.2, 0.25) is 0 Å². The van der Waals surface area contributed by atoms with Crippen LogP contribution in [-0.2, 0) is 4.74 Å². The lowest BCUT2D eigenvalue weighted by Gasteiger charge is -2.28. The molecule has 2 heterocycles. The van der Waals surface area contributed by atoms with Crippen LogP contribution in [0.3, 0.4) is 0 Å². The SMILES string of the molecule is [O-][n+]1c2ccccc2nn1-c1ccc(O)c(N=Nc2ccc(N3CCOCC3)cc2O)c1. The second-order valence-electron chi connectivity index (χ2n) is 7.30. The van der Waals surface area contributed by atoms with Gasteiger partial charge in [0.1, 0.15) is 28.6 Å². The van der Waals surface area contributed by atoms with E-state index in [4.69, 9.17) is 4.74 Å². The summed E-state index contributed by atoms with van der Waals surface area (Å²) in [5.74, 6) is -0.139. The molecule has 10 heteroatoms. The number of phenols is 2. The van der Waals surface area contributed by atoms with Gasteiger partial charge < -0.3 is 25.1 Å². The molecule has 0 spiro atoms. The highest BCUT2D eigenvalue weighted by atomic mass is 16.5. The van der Waals surface area contributed by atoms with Crippen molar-refractivity contribution in [2.24, 2.45) is 10.2 Å². The van der Waals surface area contributed by atoms with Gasteiger partial charge in [0.2, 0.25) is 11.0 Å². The number of hydrogen-bond acceptors (Lipinski definition) is 8. The molecular formula is C22H20N6O4. The Kier molecular flexibility index (Phi) is 5.04. The van der Waals surface area contributed by atoms with Crippen LogP contribution in [0, 0.1) is 5.21 Å². The first-order valence-corrected chi connectivity index (χ1v) is 10.1. The minimum Gasteiger partial charge on any atom is -0.692 e. The van der Waals surface area contributed by atoms with Gasteiger partial charge in [0.15, 0.2) is 0 Å². The number of fused-ring (bicyclic) bond motifs is 1. The first-order valence-electron chi connectivity index (χ1n) is 10.1. The van der Waals surface area contributed by atoms with E-state index in [0.29, 0.717) is 34.8 Å². The molecule has 0 aliphatic carbocycles. The fraction of sp³-hybridized carbons (Fsp3) is 0.182. The minimum atomic E-state index is -0.115. The van der Waals surface area contributed by atoms with Gasteiger partial charge in [0.25, 0.3) is 0 Å². The van der Waals surface area contributed by atoms with Crippen molar-refractivity contribution in [1.29, 1.82) is 0 Å². The number of phenolic OH excluding ortho intramolecular Hbond substituents is 2. The van der Waals surface area contributed by atoms with Gasteiger partial charge in [-0.05, 0) is 41.2 Å². The first-order chi connectivity index (χ1) is 15.6. The molecule has 5 rings (SSSR count). The Balaban J connectivity index is 1.43. The van der Waals surface area contributed by atoms with E-state index in [1.165, 1.54) is 16.9 Å². The Labute approximate surface area is 182 Å². The molecule has 1 aliphatic heterocycles. The number of rotatable bonds is 4. The van der Waals surface area contributed by atoms with E-state index in [1.807, 2.05) is 6.07 Å². The van der Waals surface area contributed by atoms with Crippen LogP contribution in [0.25, 0.3) is 16.7 Å². The normalized spacial score (nSPS) is 14.4. The van der Waals surface area contributed by atoms with Crippen LogP contribution in [0.4, 0.5) is 17.1 Å². The Hall–Kier alpha value is -4.18. The third-order valence-electron chi connectivity index (χ3n) is 5.25. The Morgan fingerprint density at radius 1 is 0.875 bits per heavy atom. The highest BCUT2D eigenvalue weighted by Crippen LogP contribution is 2.35. The minimum absolute atomic E-state index is 0.0240. The van der Waals surface area contributed by atoms with Crippen molar-refractivity contribution in [3.63, 3.8) is 0 Å². The molecule has 0 radical (unpaired) electrons. The number of nitrogens with zero attached hydrogens (tertiary/aromatic N) is 6. The molecule has 0 atom stereocenters. The summed E-state index contributed by atoms with van der Waals surface area (Å²) in [6.45, 7) is 2.80. The third-order valence-corrected chi connectivity index (χ3v) is 5.25. The molecule has 3 aromatic carbocycles. The molecule has 1 aliphatic rings. The van der Waals surface area contributed by atoms with E-state index in [2.05, 4.69) is 20.2 Å². The number of aromatic hydroxyl groups is 2. The molecule has 4 aromatic rings. The molecule has 1 aromatic heterocycles. The molecule has 2 N–H and O–H groups in total. The van der Waals surface area contributed by atoms with Crippen LogP contribution in [0.1, 0.15) is 0 Å². The maximum atomic E-state index is 12.6. The van der Waals surface area contributed by atoms with Crippen molar-refractivity contribution >= 4 is 28.1 Å². The van der Waals surface area contributed by atoms with E-state index in [0.717, 1.165) is 18.8 Å². The summed E-state index contributed by atoms with van der Waals surface area (Å²) in [5, 5.41) is 45.6. The standard InChI is InChI=1S/C22H20N6O4/c29-21-8-6-16(27-25-17-3-1-2-4-20(17)28(27)31)13-19(21)24-23-18-7-5-15(14-22(18)30)26-9-11-32-12-10-26/h1-8,13-14,29-30H,9-12H2. The van der Waals surface area contributed by atoms with Crippen LogP contribution in [0.5, 0.6) is 11.5 Å². The second-order valence-corrected chi connectivity index (χ2v) is 7.30. The van der Waals surface area contributed by atoms with Gasteiger partial charge in [-0.3, -0.25) is 0 Å². The third kappa shape index (κ3) is 3.67. The summed E-state index contributed by atoms with van der Waals surface area (Å²) in [4.78, 5) is 3.96. The average molecular weight is 432 g/mol. The van der Waals surface area contributed by atoms with Gasteiger partial charge in [0, 0.05) is 30.9 Å². The fourth-order valence-electron chi connectivity index (χ4n) is 3.56. The number of para-hydroxylation sites is 1. The maximum absolute atomic E-state index is 12.6. The van der Waals surface area contributed by atoms with Crippen LogP contribution >= 0.6 is 0 Å². The van der Waals surface area contributed by atoms with E-state index >= 15 is 0 Å². The van der Waals surface area contributed by atoms with Gasteiger partial charge in [-0.25, -0.2) is 0 Å². The number of azo groups is 1. The van der Waals surface area contributed by atoms with E-state index in [1.54, 1.807) is 42.5 Å². The summed E-state index contributed by atoms with van der Waals surface area (Å²) in [5.41, 5.74) is 2.66. The molecule has 0 bridgehead atoms. The van der Waals surface area contributed by atoms with E-state index < -0.39 is 0 Å². The predicted octanol–water partition coefficient (Wildman–Crippen LogP) is 3.32. The van der Waals surface area contributed by atoms with Crippen molar-refractivity contribution in [3.8, 4) is 17.2 Å². The van der Waals surface area contributed by atoms with E-state index in [9.17, 15) is 15.4 Å². The molecule has 0 unspecified atom stereocenters. The second kappa shape index (κ2) is 8.16. The number of ether oxygens (including phenoxy) is 1.